The lowest BCUT2D eigenvalue weighted by Gasteiger charge is -2.41. The molecule has 7 nitrogen and oxygen atoms in total. The molecule has 1 N–H and O–H groups in total. The molecule has 2 heterocycles. The molecule has 2 aliphatic rings. The zero-order chi connectivity index (χ0) is 24.7. The van der Waals surface area contributed by atoms with Gasteiger partial charge in [0.2, 0.25) is 0 Å². The first-order valence-electron chi connectivity index (χ1n) is 11.9. The lowest BCUT2D eigenvalue weighted by atomic mass is 9.76. The molecule has 2 unspecified atom stereocenters. The number of carbonyl (C=O) groups is 3. The van der Waals surface area contributed by atoms with E-state index in [4.69, 9.17) is 11.6 Å². The van der Waals surface area contributed by atoms with Crippen molar-refractivity contribution < 1.29 is 14.4 Å². The molecule has 1 aliphatic carbocycles. The molecule has 180 valence electrons. The number of Topliss-reactive ketones (excluding diaryl/α,β-unsaturated/α-hetero) is 1. The van der Waals surface area contributed by atoms with Crippen LogP contribution in [-0.4, -0.2) is 44.4 Å². The number of amides is 2. The molecule has 2 amide bonds. The second-order valence-electron chi connectivity index (χ2n) is 9.21. The van der Waals surface area contributed by atoms with Crippen LogP contribution in [0.15, 0.2) is 54.6 Å². The minimum atomic E-state index is -0.716. The minimum Gasteiger partial charge on any atom is -0.348 e. The molecule has 1 aliphatic heterocycles. The van der Waals surface area contributed by atoms with E-state index in [1.54, 1.807) is 36.2 Å². The maximum Gasteiger partial charge on any atom is 0.269 e. The van der Waals surface area contributed by atoms with Crippen LogP contribution in [0.3, 0.4) is 0 Å². The van der Waals surface area contributed by atoms with Gasteiger partial charge in [0.25, 0.3) is 11.8 Å². The Bertz CT molecular complexity index is 1300. The molecular weight excluding hydrogens is 464 g/mol. The van der Waals surface area contributed by atoms with Gasteiger partial charge in [-0.15, -0.1) is 0 Å². The molecule has 3 aromatic rings. The van der Waals surface area contributed by atoms with E-state index < -0.39 is 6.04 Å². The number of nitrogens with one attached hydrogen (secondary N) is 1. The summed E-state index contributed by atoms with van der Waals surface area (Å²) in [7, 11) is 1.71. The monoisotopic (exact) mass is 490 g/mol. The van der Waals surface area contributed by atoms with Gasteiger partial charge in [-0.2, -0.15) is 5.10 Å². The smallest absolute Gasteiger partial charge is 0.269 e. The molecule has 1 fully saturated rings. The number of ketones is 1. The molecule has 0 bridgehead atoms. The summed E-state index contributed by atoms with van der Waals surface area (Å²) >= 11 is 6.33. The summed E-state index contributed by atoms with van der Waals surface area (Å²) in [4.78, 5) is 41.3. The van der Waals surface area contributed by atoms with Gasteiger partial charge in [-0.25, -0.2) is 0 Å². The highest BCUT2D eigenvalue weighted by atomic mass is 35.5. The first-order chi connectivity index (χ1) is 16.9. The van der Waals surface area contributed by atoms with Crippen molar-refractivity contribution in [1.82, 2.24) is 20.0 Å². The Morgan fingerprint density at radius 3 is 2.54 bits per heavy atom. The van der Waals surface area contributed by atoms with Gasteiger partial charge >= 0.3 is 0 Å². The lowest BCUT2D eigenvalue weighted by molar-refractivity contribution is -0.124. The number of hydrogen-bond donors (Lipinski definition) is 1. The maximum absolute atomic E-state index is 13.7. The zero-order valence-electron chi connectivity index (χ0n) is 19.7. The van der Waals surface area contributed by atoms with E-state index in [2.05, 4.69) is 10.4 Å². The third-order valence-electron chi connectivity index (χ3n) is 6.74. The fourth-order valence-electron chi connectivity index (χ4n) is 4.86. The molecule has 1 aromatic heterocycles. The molecule has 8 heteroatoms. The van der Waals surface area contributed by atoms with Gasteiger partial charge in [0, 0.05) is 36.0 Å². The molecular formula is C27H27ClN4O3. The van der Waals surface area contributed by atoms with Gasteiger partial charge in [0.1, 0.15) is 11.7 Å². The first kappa shape index (κ1) is 23.3. The van der Waals surface area contributed by atoms with Gasteiger partial charge in [-0.3, -0.25) is 19.1 Å². The van der Waals surface area contributed by atoms with Gasteiger partial charge in [0.05, 0.1) is 12.2 Å². The maximum atomic E-state index is 13.7. The van der Waals surface area contributed by atoms with Crippen LogP contribution in [0.25, 0.3) is 0 Å². The predicted molar refractivity (Wildman–Crippen MR) is 132 cm³/mol. The molecule has 2 atom stereocenters. The van der Waals surface area contributed by atoms with E-state index in [9.17, 15) is 14.4 Å². The Morgan fingerprint density at radius 1 is 1.11 bits per heavy atom. The van der Waals surface area contributed by atoms with Crippen molar-refractivity contribution >= 4 is 29.2 Å². The number of fused-ring (bicyclic) bond motifs is 1. The van der Waals surface area contributed by atoms with E-state index in [1.807, 2.05) is 37.3 Å². The molecule has 2 aromatic carbocycles. The number of aromatic nitrogens is 2. The molecule has 1 saturated carbocycles. The summed E-state index contributed by atoms with van der Waals surface area (Å²) in [5.74, 6) is -0.829. The third kappa shape index (κ3) is 4.48. The van der Waals surface area contributed by atoms with Gasteiger partial charge in [0.15, 0.2) is 5.78 Å². The number of hydrogen-bond acceptors (Lipinski definition) is 4. The molecule has 35 heavy (non-hydrogen) atoms. The van der Waals surface area contributed by atoms with E-state index >= 15 is 0 Å². The summed E-state index contributed by atoms with van der Waals surface area (Å²) in [5, 5.41) is 8.00. The van der Waals surface area contributed by atoms with E-state index in [1.165, 1.54) is 4.68 Å². The van der Waals surface area contributed by atoms with E-state index in [0.717, 1.165) is 24.0 Å². The van der Waals surface area contributed by atoms with Gasteiger partial charge in [-0.05, 0) is 48.2 Å². The molecule has 0 radical (unpaired) electrons. The van der Waals surface area contributed by atoms with Crippen LogP contribution in [0.4, 0.5) is 0 Å². The van der Waals surface area contributed by atoms with Crippen molar-refractivity contribution in [1.29, 1.82) is 0 Å². The number of benzene rings is 2. The summed E-state index contributed by atoms with van der Waals surface area (Å²) < 4.78 is 1.53. The lowest BCUT2D eigenvalue weighted by Crippen LogP contribution is -2.52. The van der Waals surface area contributed by atoms with Crippen molar-refractivity contribution in [2.75, 3.05) is 0 Å². The predicted octanol–water partition coefficient (Wildman–Crippen LogP) is 4.10. The van der Waals surface area contributed by atoms with Crippen molar-refractivity contribution in [3.63, 3.8) is 0 Å². The third-order valence-corrected chi connectivity index (χ3v) is 6.97. The van der Waals surface area contributed by atoms with Crippen molar-refractivity contribution in [2.45, 2.75) is 50.7 Å². The summed E-state index contributed by atoms with van der Waals surface area (Å²) in [6.45, 7) is 1.92. The Labute approximate surface area is 209 Å². The Hall–Kier alpha value is -3.45. The summed E-state index contributed by atoms with van der Waals surface area (Å²) in [6.07, 6.45) is 2.26. The van der Waals surface area contributed by atoms with E-state index in [0.29, 0.717) is 22.0 Å². The molecule has 0 saturated heterocycles. The highest BCUT2D eigenvalue weighted by molar-refractivity contribution is 6.30. The van der Waals surface area contributed by atoms with Crippen LogP contribution >= 0.6 is 11.6 Å². The highest BCUT2D eigenvalue weighted by Gasteiger charge is 2.44. The molecule has 5 rings (SSSR count). The van der Waals surface area contributed by atoms with E-state index in [-0.39, 0.29) is 42.5 Å². The number of halogens is 1. The number of nitrogens with zero attached hydrogens (tertiary/aromatic N) is 3. The minimum absolute atomic E-state index is 0.0412. The topological polar surface area (TPSA) is 84.3 Å². The Balaban J connectivity index is 1.57. The highest BCUT2D eigenvalue weighted by Crippen LogP contribution is 2.40. The fraction of sp³-hybridized carbons (Fsp3) is 0.333. The van der Waals surface area contributed by atoms with Crippen molar-refractivity contribution in [3.05, 3.63) is 87.7 Å². The average molecular weight is 491 g/mol. The normalized spacial score (nSPS) is 19.4. The van der Waals surface area contributed by atoms with Crippen LogP contribution in [0.2, 0.25) is 5.02 Å². The largest absolute Gasteiger partial charge is 0.348 e. The average Bonchev–Trinajstić information content (AvgIpc) is 3.59. The molecule has 0 spiro atoms. The van der Waals surface area contributed by atoms with Gasteiger partial charge in [-0.1, -0.05) is 48.9 Å². The zero-order valence-corrected chi connectivity index (χ0v) is 20.5. The second-order valence-corrected chi connectivity index (χ2v) is 9.65. The van der Waals surface area contributed by atoms with Crippen LogP contribution in [-0.2, 0) is 18.4 Å². The van der Waals surface area contributed by atoms with Crippen LogP contribution in [0.1, 0.15) is 69.8 Å². The quantitative estimate of drug-likeness (QED) is 0.540. The number of aryl methyl sites for hydroxylation is 1. The SMILES string of the molecule is CCC(=O)C1C(c2ccccc2)c2cc(Cl)ccc2C(=O)N1Cc1cc(C(=O)NC2CC2)n(C)n1. The standard InChI is InChI=1S/C27H27ClN4O3/c1-3-23(33)25-24(16-7-5-4-6-8-16)21-13-17(28)9-12-20(21)27(35)32(25)15-19-14-22(31(2)30-19)26(34)29-18-10-11-18/h4-9,12-14,18,24-25H,3,10-11,15H2,1-2H3,(H,29,34). The van der Waals surface area contributed by atoms with Crippen LogP contribution < -0.4 is 5.32 Å². The Morgan fingerprint density at radius 2 is 1.86 bits per heavy atom. The summed E-state index contributed by atoms with van der Waals surface area (Å²) in [5.41, 5.74) is 3.19. The van der Waals surface area contributed by atoms with Crippen LogP contribution in [0.5, 0.6) is 0 Å². The van der Waals surface area contributed by atoms with Crippen molar-refractivity contribution in [3.8, 4) is 0 Å². The van der Waals surface area contributed by atoms with Crippen LogP contribution in [0, 0.1) is 0 Å². The van der Waals surface area contributed by atoms with Gasteiger partial charge < -0.3 is 10.2 Å². The summed E-state index contributed by atoms with van der Waals surface area (Å²) in [6, 6.07) is 16.2. The number of carbonyl (C=O) groups excluding carboxylic acids is 3. The fourth-order valence-corrected chi connectivity index (χ4v) is 5.04. The Kier molecular flexibility index (Phi) is 6.19. The first-order valence-corrected chi connectivity index (χ1v) is 12.3. The number of rotatable bonds is 7. The second kappa shape index (κ2) is 9.30. The van der Waals surface area contributed by atoms with Crippen molar-refractivity contribution in [2.24, 2.45) is 7.05 Å².